The van der Waals surface area contributed by atoms with Gasteiger partial charge in [0.1, 0.15) is 0 Å². The van der Waals surface area contributed by atoms with Gasteiger partial charge in [0.05, 0.1) is 12.0 Å². The van der Waals surface area contributed by atoms with Crippen molar-refractivity contribution in [3.63, 3.8) is 0 Å². The summed E-state index contributed by atoms with van der Waals surface area (Å²) >= 11 is 0. The van der Waals surface area contributed by atoms with Crippen LogP contribution in [0.4, 0.5) is 0 Å². The lowest BCUT2D eigenvalue weighted by atomic mass is 9.88. The number of rotatable bonds is 8. The minimum Gasteiger partial charge on any atom is -0.481 e. The van der Waals surface area contributed by atoms with Gasteiger partial charge in [0.2, 0.25) is 12.2 Å². The van der Waals surface area contributed by atoms with Gasteiger partial charge < -0.3 is 20.6 Å². The molecule has 0 spiro atoms. The van der Waals surface area contributed by atoms with Crippen molar-refractivity contribution in [2.75, 3.05) is 14.1 Å². The van der Waals surface area contributed by atoms with E-state index in [-0.39, 0.29) is 24.0 Å². The molecule has 1 saturated carbocycles. The predicted molar refractivity (Wildman–Crippen MR) is 133 cm³/mol. The molecule has 1 fully saturated rings. The quantitative estimate of drug-likeness (QED) is 0.319. The van der Waals surface area contributed by atoms with Gasteiger partial charge >= 0.3 is 5.97 Å². The normalized spacial score (nSPS) is 19.6. The van der Waals surface area contributed by atoms with Gasteiger partial charge in [-0.1, -0.05) is 48.5 Å². The first-order valence-corrected chi connectivity index (χ1v) is 11.9. The number of fused-ring (bicyclic) bond motifs is 1. The lowest BCUT2D eigenvalue weighted by Crippen LogP contribution is -2.57. The number of carbonyl (C=O) groups is 1. The topological polar surface area (TPSA) is 101 Å². The van der Waals surface area contributed by atoms with Crippen LogP contribution in [0.2, 0.25) is 0 Å². The molecule has 2 aliphatic carbocycles. The van der Waals surface area contributed by atoms with Crippen molar-refractivity contribution in [3.05, 3.63) is 70.8 Å². The summed E-state index contributed by atoms with van der Waals surface area (Å²) in [7, 11) is 4.16. The highest BCUT2D eigenvalue weighted by molar-refractivity contribution is 5.82. The molecule has 0 bridgehead atoms. The zero-order chi connectivity index (χ0) is 24.1. The van der Waals surface area contributed by atoms with Crippen LogP contribution >= 0.6 is 0 Å². The van der Waals surface area contributed by atoms with Gasteiger partial charge in [-0.3, -0.25) is 4.79 Å². The Kier molecular flexibility index (Phi) is 7.18. The molecule has 2 aliphatic rings. The highest BCUT2D eigenvalue weighted by atomic mass is 16.4. The van der Waals surface area contributed by atoms with Crippen molar-refractivity contribution < 1.29 is 9.90 Å². The van der Waals surface area contributed by atoms with Crippen LogP contribution in [0.1, 0.15) is 41.5 Å². The molecule has 0 radical (unpaired) electrons. The van der Waals surface area contributed by atoms with E-state index in [0.717, 1.165) is 49.7 Å². The number of carboxylic acids is 1. The Hall–Kier alpha value is -3.37. The third kappa shape index (κ3) is 5.75. The number of nitrogens with one attached hydrogen (secondary N) is 2. The Morgan fingerprint density at radius 3 is 2.47 bits per heavy atom. The van der Waals surface area contributed by atoms with Gasteiger partial charge in [-0.2, -0.15) is 5.26 Å². The average Bonchev–Trinajstić information content (AvgIpc) is 3.58. The van der Waals surface area contributed by atoms with Crippen molar-refractivity contribution in [3.8, 4) is 6.19 Å². The second kappa shape index (κ2) is 10.3. The number of aryl methyl sites for hydroxylation is 1. The number of likely N-dealkylation sites (N-methyl/N-ethyl adjacent to an activating group) is 1. The summed E-state index contributed by atoms with van der Waals surface area (Å²) in [5, 5.41) is 25.5. The molecule has 2 aromatic rings. The maximum Gasteiger partial charge on any atom is 0.307 e. The van der Waals surface area contributed by atoms with Crippen molar-refractivity contribution >= 4 is 11.9 Å². The third-order valence-electron chi connectivity index (χ3n) is 7.07. The van der Waals surface area contributed by atoms with Crippen LogP contribution in [0.3, 0.4) is 0 Å². The molecule has 0 aliphatic heterocycles. The molecule has 0 aromatic heterocycles. The second-order valence-corrected chi connectivity index (χ2v) is 9.76. The first kappa shape index (κ1) is 23.8. The molecular weight excluding hydrogens is 426 g/mol. The molecule has 4 rings (SSSR count). The highest BCUT2D eigenvalue weighted by Gasteiger charge is 2.51. The van der Waals surface area contributed by atoms with Crippen LogP contribution in [-0.4, -0.2) is 53.7 Å². The first-order valence-electron chi connectivity index (χ1n) is 11.9. The van der Waals surface area contributed by atoms with Crippen LogP contribution in [0.5, 0.6) is 0 Å². The number of hydrogen-bond donors (Lipinski definition) is 3. The van der Waals surface area contributed by atoms with E-state index in [9.17, 15) is 10.1 Å². The lowest BCUT2D eigenvalue weighted by molar-refractivity contribution is -0.136. The van der Waals surface area contributed by atoms with Gasteiger partial charge in [-0.05, 0) is 74.9 Å². The van der Waals surface area contributed by atoms with E-state index in [1.54, 1.807) is 0 Å². The summed E-state index contributed by atoms with van der Waals surface area (Å²) < 4.78 is 0. The predicted octanol–water partition coefficient (Wildman–Crippen LogP) is 2.89. The summed E-state index contributed by atoms with van der Waals surface area (Å²) in [5.41, 5.74) is 4.59. The molecule has 0 saturated heterocycles. The molecule has 7 nitrogen and oxygen atoms in total. The zero-order valence-electron chi connectivity index (χ0n) is 19.9. The number of benzene rings is 2. The fraction of sp³-hybridized carbons (Fsp3) is 0.444. The summed E-state index contributed by atoms with van der Waals surface area (Å²) in [6.07, 6.45) is 7.80. The van der Waals surface area contributed by atoms with E-state index in [1.165, 1.54) is 11.1 Å². The number of hydrogen-bond acceptors (Lipinski definition) is 4. The Morgan fingerprint density at radius 2 is 1.85 bits per heavy atom. The number of aliphatic imine (C=N–C) groups is 1. The van der Waals surface area contributed by atoms with E-state index in [4.69, 9.17) is 5.11 Å². The van der Waals surface area contributed by atoms with Gasteiger partial charge in [-0.15, -0.1) is 4.99 Å². The second-order valence-electron chi connectivity index (χ2n) is 9.76. The van der Waals surface area contributed by atoms with E-state index in [1.807, 2.05) is 30.5 Å². The van der Waals surface area contributed by atoms with E-state index in [2.05, 4.69) is 58.9 Å². The Bertz CT molecular complexity index is 1080. The maximum atomic E-state index is 11.0. The molecule has 2 atom stereocenters. The standard InChI is InChI=1S/C27H33N5O2/c1-32(2)24(15-19-7-9-20(10-8-19)16-25(33)34)27(13-14-27)31-26(29-18-28)30-23-12-11-21-5-3-4-6-22(21)17-23/h3-10,23-24H,11-17H2,1-2H3,(H,33,34)(H2,29,30,31)/t23-,24?/m0/s1. The number of carboxylic acid groups (broad SMARTS) is 1. The molecule has 0 amide bonds. The summed E-state index contributed by atoms with van der Waals surface area (Å²) in [6, 6.07) is 16.8. The van der Waals surface area contributed by atoms with Crippen molar-refractivity contribution in [1.29, 1.82) is 5.26 Å². The number of nitriles is 1. The number of aliphatic carboxylic acids is 1. The van der Waals surface area contributed by atoms with Gasteiger partial charge in [0, 0.05) is 12.1 Å². The summed E-state index contributed by atoms with van der Waals surface area (Å²) in [5.74, 6) is -0.258. The summed E-state index contributed by atoms with van der Waals surface area (Å²) in [6.45, 7) is 0. The smallest absolute Gasteiger partial charge is 0.307 e. The lowest BCUT2D eigenvalue weighted by Gasteiger charge is -2.35. The van der Waals surface area contributed by atoms with E-state index >= 15 is 0 Å². The van der Waals surface area contributed by atoms with E-state index < -0.39 is 5.97 Å². The van der Waals surface area contributed by atoms with E-state index in [0.29, 0.717) is 5.96 Å². The van der Waals surface area contributed by atoms with Gasteiger partial charge in [0.25, 0.3) is 0 Å². The molecule has 1 unspecified atom stereocenters. The van der Waals surface area contributed by atoms with Crippen LogP contribution in [0.25, 0.3) is 0 Å². The monoisotopic (exact) mass is 459 g/mol. The van der Waals surface area contributed by atoms with Crippen molar-refractivity contribution in [1.82, 2.24) is 15.5 Å². The van der Waals surface area contributed by atoms with Crippen molar-refractivity contribution in [2.45, 2.75) is 62.6 Å². The molecule has 178 valence electrons. The molecule has 2 aromatic carbocycles. The van der Waals surface area contributed by atoms with Crippen LogP contribution in [-0.2, 0) is 30.5 Å². The largest absolute Gasteiger partial charge is 0.481 e. The fourth-order valence-electron chi connectivity index (χ4n) is 5.14. The summed E-state index contributed by atoms with van der Waals surface area (Å²) in [4.78, 5) is 17.3. The minimum atomic E-state index is -0.821. The molecule has 7 heteroatoms. The van der Waals surface area contributed by atoms with Crippen LogP contribution in [0, 0.1) is 11.5 Å². The Labute approximate surface area is 201 Å². The minimum absolute atomic E-state index is 0.0359. The maximum absolute atomic E-state index is 11.0. The van der Waals surface area contributed by atoms with Crippen molar-refractivity contribution in [2.24, 2.45) is 4.99 Å². The fourth-order valence-corrected chi connectivity index (χ4v) is 5.14. The number of guanidine groups is 1. The molecule has 34 heavy (non-hydrogen) atoms. The van der Waals surface area contributed by atoms with Gasteiger partial charge in [0.15, 0.2) is 0 Å². The van der Waals surface area contributed by atoms with Crippen LogP contribution in [0.15, 0.2) is 53.5 Å². The zero-order valence-corrected chi connectivity index (χ0v) is 19.9. The Morgan fingerprint density at radius 1 is 1.18 bits per heavy atom. The highest BCUT2D eigenvalue weighted by Crippen LogP contribution is 2.41. The SMILES string of the molecule is CN(C)C(Cc1ccc(CC(=O)O)cc1)C1(NC(=NC#N)N[C@H]2CCc3ccccc3C2)CC1. The number of nitrogens with zero attached hydrogens (tertiary/aromatic N) is 3. The molecule has 0 heterocycles. The average molecular weight is 460 g/mol. The third-order valence-corrected chi connectivity index (χ3v) is 7.07. The molecule has 3 N–H and O–H groups in total. The Balaban J connectivity index is 1.44. The van der Waals surface area contributed by atoms with Gasteiger partial charge in [-0.25, -0.2) is 0 Å². The van der Waals surface area contributed by atoms with Crippen LogP contribution < -0.4 is 10.6 Å². The molecular formula is C27H33N5O2. The first-order chi connectivity index (χ1) is 16.4.